The van der Waals surface area contributed by atoms with Crippen molar-refractivity contribution in [3.63, 3.8) is 0 Å². The van der Waals surface area contributed by atoms with Gasteiger partial charge >= 0.3 is 0 Å². The molecule has 3 aromatic rings. The second kappa shape index (κ2) is 6.75. The van der Waals surface area contributed by atoms with E-state index in [4.69, 9.17) is 12.2 Å². The highest BCUT2D eigenvalue weighted by Crippen LogP contribution is 2.36. The van der Waals surface area contributed by atoms with Gasteiger partial charge in [0.15, 0.2) is 4.77 Å². The van der Waals surface area contributed by atoms with E-state index in [-0.39, 0.29) is 16.2 Å². The predicted molar refractivity (Wildman–Crippen MR) is 114 cm³/mol. The third-order valence-electron chi connectivity index (χ3n) is 4.37. The number of H-pyrrole nitrogens is 1. The van der Waals surface area contributed by atoms with Crippen LogP contribution < -0.4 is 5.56 Å². The Morgan fingerprint density at radius 1 is 1.19 bits per heavy atom. The summed E-state index contributed by atoms with van der Waals surface area (Å²) in [7, 11) is 0. The van der Waals surface area contributed by atoms with Crippen molar-refractivity contribution in [2.24, 2.45) is 4.99 Å². The third kappa shape index (κ3) is 3.09. The van der Waals surface area contributed by atoms with Crippen LogP contribution in [0.4, 0.5) is 5.69 Å². The second-order valence-corrected chi connectivity index (χ2v) is 7.38. The Labute approximate surface area is 168 Å². The highest BCUT2D eigenvalue weighted by Gasteiger charge is 2.20. The third-order valence-corrected chi connectivity index (χ3v) is 5.18. The van der Waals surface area contributed by atoms with E-state index < -0.39 is 5.56 Å². The summed E-state index contributed by atoms with van der Waals surface area (Å²) >= 11 is 8.64. The summed E-state index contributed by atoms with van der Waals surface area (Å²) in [5, 5.41) is 10.8. The van der Waals surface area contributed by atoms with Crippen LogP contribution in [0.5, 0.6) is 5.88 Å². The van der Waals surface area contributed by atoms with Crippen molar-refractivity contribution in [1.29, 1.82) is 0 Å². The molecule has 0 amide bonds. The van der Waals surface area contributed by atoms with Gasteiger partial charge in [-0.1, -0.05) is 34.1 Å². The highest BCUT2D eigenvalue weighted by atomic mass is 79.9. The van der Waals surface area contributed by atoms with Gasteiger partial charge in [0.05, 0.1) is 11.4 Å². The van der Waals surface area contributed by atoms with Crippen LogP contribution in [0.3, 0.4) is 0 Å². The molecule has 2 aromatic carbocycles. The summed E-state index contributed by atoms with van der Waals surface area (Å²) in [4.78, 5) is 19.7. The fourth-order valence-electron chi connectivity index (χ4n) is 3.06. The second-order valence-electron chi connectivity index (χ2n) is 6.08. The van der Waals surface area contributed by atoms with Gasteiger partial charge < -0.3 is 5.11 Å². The summed E-state index contributed by atoms with van der Waals surface area (Å²) < 4.78 is 2.46. The van der Waals surface area contributed by atoms with Crippen LogP contribution in [0.2, 0.25) is 0 Å². The molecule has 0 saturated heterocycles. The average Bonchev–Trinajstić information content (AvgIpc) is 2.95. The lowest BCUT2D eigenvalue weighted by molar-refractivity contribution is 0.432. The summed E-state index contributed by atoms with van der Waals surface area (Å²) in [6.45, 7) is 1.88. The minimum Gasteiger partial charge on any atom is -0.494 e. The smallest absolute Gasteiger partial charge is 0.262 e. The quantitative estimate of drug-likeness (QED) is 0.551. The van der Waals surface area contributed by atoms with E-state index in [0.29, 0.717) is 5.69 Å². The number of rotatable bonds is 2. The van der Waals surface area contributed by atoms with Crippen LogP contribution in [0.25, 0.3) is 17.3 Å². The number of aromatic hydroxyl groups is 1. The van der Waals surface area contributed by atoms with E-state index in [9.17, 15) is 9.90 Å². The Kier molecular flexibility index (Phi) is 4.41. The molecule has 0 aliphatic carbocycles. The zero-order valence-corrected chi connectivity index (χ0v) is 16.6. The Balaban J connectivity index is 1.94. The molecule has 1 aliphatic rings. The Hall–Kier alpha value is -2.77. The Bertz CT molecular complexity index is 1240. The number of aromatic amines is 1. The molecule has 0 fully saturated rings. The van der Waals surface area contributed by atoms with Gasteiger partial charge in [-0.05, 0) is 55.5 Å². The SMILES string of the molecule is CC1=Nc2ccccc2/C1=C\c1c(O)n(-c2ccc(Br)cc2)c(=S)[nH]c1=O. The number of hydrogen-bond donors (Lipinski definition) is 2. The van der Waals surface area contributed by atoms with Crippen molar-refractivity contribution in [3.8, 4) is 11.6 Å². The van der Waals surface area contributed by atoms with Gasteiger partial charge in [0.2, 0.25) is 5.88 Å². The molecule has 4 rings (SSSR count). The number of halogens is 1. The van der Waals surface area contributed by atoms with E-state index in [1.807, 2.05) is 43.3 Å². The van der Waals surface area contributed by atoms with Gasteiger partial charge in [-0.2, -0.15) is 0 Å². The maximum absolute atomic E-state index is 12.5. The van der Waals surface area contributed by atoms with Gasteiger partial charge in [-0.15, -0.1) is 0 Å². The van der Waals surface area contributed by atoms with Crippen LogP contribution in [-0.2, 0) is 0 Å². The Morgan fingerprint density at radius 2 is 1.89 bits per heavy atom. The molecule has 5 nitrogen and oxygen atoms in total. The van der Waals surface area contributed by atoms with Crippen molar-refractivity contribution in [3.05, 3.63) is 79.3 Å². The molecule has 7 heteroatoms. The molecule has 0 radical (unpaired) electrons. The molecular formula is C20H14BrN3O2S. The molecule has 134 valence electrons. The first kappa shape index (κ1) is 17.6. The van der Waals surface area contributed by atoms with Crippen molar-refractivity contribution in [2.45, 2.75) is 6.92 Å². The number of aromatic nitrogens is 2. The average molecular weight is 440 g/mol. The fraction of sp³-hybridized carbons (Fsp3) is 0.0500. The molecule has 1 aliphatic heterocycles. The summed E-state index contributed by atoms with van der Waals surface area (Å²) in [5.41, 5.74) is 3.68. The van der Waals surface area contributed by atoms with E-state index in [0.717, 1.165) is 27.0 Å². The number of allylic oxidation sites excluding steroid dienone is 1. The van der Waals surface area contributed by atoms with Gasteiger partial charge in [0.25, 0.3) is 5.56 Å². The number of nitrogens with zero attached hydrogens (tertiary/aromatic N) is 2. The monoisotopic (exact) mass is 439 g/mol. The zero-order valence-electron chi connectivity index (χ0n) is 14.2. The molecule has 0 atom stereocenters. The predicted octanol–water partition coefficient (Wildman–Crippen LogP) is 5.01. The van der Waals surface area contributed by atoms with E-state index in [1.54, 1.807) is 18.2 Å². The van der Waals surface area contributed by atoms with Crippen LogP contribution in [0, 0.1) is 4.77 Å². The minimum atomic E-state index is -0.449. The maximum atomic E-state index is 12.5. The van der Waals surface area contributed by atoms with Crippen molar-refractivity contribution < 1.29 is 5.11 Å². The van der Waals surface area contributed by atoms with Crippen LogP contribution >= 0.6 is 28.1 Å². The molecule has 1 aromatic heterocycles. The number of fused-ring (bicyclic) bond motifs is 1. The topological polar surface area (TPSA) is 70.4 Å². The minimum absolute atomic E-state index is 0.124. The van der Waals surface area contributed by atoms with Crippen molar-refractivity contribution in [1.82, 2.24) is 9.55 Å². The van der Waals surface area contributed by atoms with Gasteiger partial charge in [0.1, 0.15) is 5.56 Å². The number of nitrogens with one attached hydrogen (secondary N) is 1. The van der Waals surface area contributed by atoms with Crippen molar-refractivity contribution >= 4 is 51.2 Å². The Morgan fingerprint density at radius 3 is 2.63 bits per heavy atom. The molecule has 27 heavy (non-hydrogen) atoms. The van der Waals surface area contributed by atoms with E-state index in [2.05, 4.69) is 25.9 Å². The zero-order chi connectivity index (χ0) is 19.1. The highest BCUT2D eigenvalue weighted by molar-refractivity contribution is 9.10. The van der Waals surface area contributed by atoms with E-state index in [1.165, 1.54) is 4.57 Å². The largest absolute Gasteiger partial charge is 0.494 e. The van der Waals surface area contributed by atoms with Crippen molar-refractivity contribution in [2.75, 3.05) is 0 Å². The summed E-state index contributed by atoms with van der Waals surface area (Å²) in [5.74, 6) is -0.212. The molecule has 0 saturated carbocycles. The number of hydrogen-bond acceptors (Lipinski definition) is 4. The van der Waals surface area contributed by atoms with Gasteiger partial charge in [0, 0.05) is 21.3 Å². The van der Waals surface area contributed by atoms with Gasteiger partial charge in [-0.25, -0.2) is 0 Å². The number of benzene rings is 2. The molecule has 2 heterocycles. The maximum Gasteiger partial charge on any atom is 0.262 e. The standard InChI is InChI=1S/C20H14BrN3O2S/c1-11-15(14-4-2-3-5-17(14)22-11)10-16-18(25)23-20(27)24(19(16)26)13-8-6-12(21)7-9-13/h2-10,26H,1H3,(H,23,25,27)/b15-10-. The fourth-order valence-corrected chi connectivity index (χ4v) is 3.61. The lowest BCUT2D eigenvalue weighted by atomic mass is 10.0. The number of para-hydroxylation sites is 1. The first-order chi connectivity index (χ1) is 13.0. The van der Waals surface area contributed by atoms with Gasteiger partial charge in [-0.3, -0.25) is 19.3 Å². The number of aliphatic imine (C=N–C) groups is 1. The molecule has 0 spiro atoms. The van der Waals surface area contributed by atoms with Crippen LogP contribution in [-0.4, -0.2) is 20.4 Å². The lowest BCUT2D eigenvalue weighted by Gasteiger charge is -2.12. The summed E-state index contributed by atoms with van der Waals surface area (Å²) in [6, 6.07) is 15.0. The molecule has 2 N–H and O–H groups in total. The first-order valence-electron chi connectivity index (χ1n) is 8.16. The van der Waals surface area contributed by atoms with E-state index >= 15 is 0 Å². The molecular weight excluding hydrogens is 426 g/mol. The molecule has 0 bridgehead atoms. The first-order valence-corrected chi connectivity index (χ1v) is 9.37. The van der Waals surface area contributed by atoms with Crippen LogP contribution in [0.1, 0.15) is 18.1 Å². The lowest BCUT2D eigenvalue weighted by Crippen LogP contribution is -2.16. The van der Waals surface area contributed by atoms with Crippen LogP contribution in [0.15, 0.2) is 62.8 Å². The summed E-state index contributed by atoms with van der Waals surface area (Å²) in [6.07, 6.45) is 1.66. The normalized spacial score (nSPS) is 14.3. The molecule has 0 unspecified atom stereocenters.